The summed E-state index contributed by atoms with van der Waals surface area (Å²) in [5.74, 6) is -0.745. The highest BCUT2D eigenvalue weighted by atomic mass is 16.5. The van der Waals surface area contributed by atoms with Crippen molar-refractivity contribution in [2.75, 3.05) is 13.7 Å². The fourth-order valence-corrected chi connectivity index (χ4v) is 1.89. The zero-order chi connectivity index (χ0) is 16.4. The van der Waals surface area contributed by atoms with Crippen molar-refractivity contribution in [2.24, 2.45) is 5.92 Å². The molecule has 0 bridgehead atoms. The Morgan fingerprint density at radius 2 is 1.95 bits per heavy atom. The molecule has 0 fully saturated rings. The third-order valence-electron chi connectivity index (χ3n) is 3.28. The normalized spacial score (nSPS) is 11.5. The predicted molar refractivity (Wildman–Crippen MR) is 81.8 cm³/mol. The van der Waals surface area contributed by atoms with Gasteiger partial charge in [-0.15, -0.1) is 0 Å². The van der Waals surface area contributed by atoms with Crippen LogP contribution in [-0.4, -0.2) is 30.8 Å². The maximum Gasteiger partial charge on any atom is 0.407 e. The number of hydrogen-bond acceptors (Lipinski definition) is 4. The van der Waals surface area contributed by atoms with Crippen molar-refractivity contribution in [3.8, 4) is 5.75 Å². The zero-order valence-electron chi connectivity index (χ0n) is 13.0. The van der Waals surface area contributed by atoms with E-state index in [-0.39, 0.29) is 13.2 Å². The molecule has 0 aliphatic heterocycles. The van der Waals surface area contributed by atoms with Crippen molar-refractivity contribution in [3.05, 3.63) is 29.8 Å². The molecule has 0 spiro atoms. The summed E-state index contributed by atoms with van der Waals surface area (Å²) in [6.45, 7) is 2.20. The van der Waals surface area contributed by atoms with Gasteiger partial charge in [0.1, 0.15) is 12.4 Å². The fraction of sp³-hybridized carbons (Fsp3) is 0.500. The zero-order valence-corrected chi connectivity index (χ0v) is 13.0. The van der Waals surface area contributed by atoms with Crippen molar-refractivity contribution in [1.82, 2.24) is 5.32 Å². The van der Waals surface area contributed by atoms with Gasteiger partial charge < -0.3 is 19.9 Å². The first-order valence-electron chi connectivity index (χ1n) is 7.33. The van der Waals surface area contributed by atoms with Gasteiger partial charge in [-0.2, -0.15) is 0 Å². The van der Waals surface area contributed by atoms with E-state index < -0.39 is 18.0 Å². The summed E-state index contributed by atoms with van der Waals surface area (Å²) in [5.41, 5.74) is 0.830. The number of amides is 1. The van der Waals surface area contributed by atoms with Gasteiger partial charge in [0.25, 0.3) is 0 Å². The molecule has 122 valence electrons. The lowest BCUT2D eigenvalue weighted by Gasteiger charge is -2.13. The summed E-state index contributed by atoms with van der Waals surface area (Å²) >= 11 is 0. The molecule has 1 amide bonds. The monoisotopic (exact) mass is 309 g/mol. The van der Waals surface area contributed by atoms with E-state index >= 15 is 0 Å². The molecule has 0 unspecified atom stereocenters. The highest BCUT2D eigenvalue weighted by molar-refractivity contribution is 5.72. The Morgan fingerprint density at radius 1 is 1.27 bits per heavy atom. The molecule has 0 aliphatic carbocycles. The summed E-state index contributed by atoms with van der Waals surface area (Å²) in [4.78, 5) is 22.6. The largest absolute Gasteiger partial charge is 0.497 e. The minimum atomic E-state index is -0.899. The van der Waals surface area contributed by atoms with Crippen LogP contribution in [0.5, 0.6) is 5.75 Å². The number of nitrogens with one attached hydrogen (secondary N) is 1. The SMILES string of the molecule is CCCC[C@H](CNC(=O)OCc1ccc(OC)cc1)C(=O)O. The quantitative estimate of drug-likeness (QED) is 0.732. The number of carbonyl (C=O) groups is 2. The van der Waals surface area contributed by atoms with Crippen LogP contribution in [0.15, 0.2) is 24.3 Å². The third kappa shape index (κ3) is 6.47. The average molecular weight is 309 g/mol. The van der Waals surface area contributed by atoms with E-state index in [9.17, 15) is 9.59 Å². The third-order valence-corrected chi connectivity index (χ3v) is 3.28. The molecule has 1 aromatic carbocycles. The van der Waals surface area contributed by atoms with Gasteiger partial charge in [0, 0.05) is 6.54 Å². The average Bonchev–Trinajstić information content (AvgIpc) is 2.53. The summed E-state index contributed by atoms with van der Waals surface area (Å²) in [7, 11) is 1.58. The molecule has 6 nitrogen and oxygen atoms in total. The highest BCUT2D eigenvalue weighted by Crippen LogP contribution is 2.12. The Balaban J connectivity index is 2.33. The number of rotatable bonds is 9. The molecule has 22 heavy (non-hydrogen) atoms. The number of methoxy groups -OCH3 is 1. The van der Waals surface area contributed by atoms with Gasteiger partial charge in [-0.1, -0.05) is 31.9 Å². The standard InChI is InChI=1S/C16H23NO5/c1-3-4-5-13(15(18)19)10-17-16(20)22-11-12-6-8-14(21-2)9-7-12/h6-9,13H,3-5,10-11H2,1-2H3,(H,17,20)(H,18,19)/t13-/m1/s1. The van der Waals surface area contributed by atoms with Crippen LogP contribution < -0.4 is 10.1 Å². The van der Waals surface area contributed by atoms with Crippen molar-refractivity contribution in [2.45, 2.75) is 32.8 Å². The van der Waals surface area contributed by atoms with Crippen LogP contribution in [-0.2, 0) is 16.1 Å². The second kappa shape index (κ2) is 9.65. The van der Waals surface area contributed by atoms with E-state index in [2.05, 4.69) is 5.32 Å². The minimum Gasteiger partial charge on any atom is -0.497 e. The van der Waals surface area contributed by atoms with Crippen LogP contribution in [0.4, 0.5) is 4.79 Å². The lowest BCUT2D eigenvalue weighted by molar-refractivity contribution is -0.141. The lowest BCUT2D eigenvalue weighted by Crippen LogP contribution is -2.33. The second-order valence-electron chi connectivity index (χ2n) is 4.98. The number of carboxylic acids is 1. The van der Waals surface area contributed by atoms with Gasteiger partial charge in [-0.25, -0.2) is 4.79 Å². The maximum absolute atomic E-state index is 11.6. The Morgan fingerprint density at radius 3 is 2.50 bits per heavy atom. The molecule has 6 heteroatoms. The van der Waals surface area contributed by atoms with Gasteiger partial charge in [-0.05, 0) is 24.1 Å². The van der Waals surface area contributed by atoms with Crippen LogP contribution in [0, 0.1) is 5.92 Å². The van der Waals surface area contributed by atoms with Crippen LogP contribution in [0.1, 0.15) is 31.7 Å². The molecule has 1 atom stereocenters. The van der Waals surface area contributed by atoms with Gasteiger partial charge >= 0.3 is 12.1 Å². The Labute approximate surface area is 130 Å². The second-order valence-corrected chi connectivity index (χ2v) is 4.98. The van der Waals surface area contributed by atoms with E-state index in [4.69, 9.17) is 14.6 Å². The van der Waals surface area contributed by atoms with E-state index in [0.717, 1.165) is 24.2 Å². The minimum absolute atomic E-state index is 0.0801. The summed E-state index contributed by atoms with van der Waals surface area (Å²) in [6, 6.07) is 7.16. The number of unbranched alkanes of at least 4 members (excludes halogenated alkanes) is 1. The van der Waals surface area contributed by atoms with Crippen molar-refractivity contribution in [3.63, 3.8) is 0 Å². The molecule has 1 rings (SSSR count). The van der Waals surface area contributed by atoms with E-state index in [0.29, 0.717) is 6.42 Å². The number of carboxylic acid groups (broad SMARTS) is 1. The molecule has 2 N–H and O–H groups in total. The number of aliphatic carboxylic acids is 1. The molecule has 0 radical (unpaired) electrons. The topological polar surface area (TPSA) is 84.9 Å². The maximum atomic E-state index is 11.6. The van der Waals surface area contributed by atoms with E-state index in [1.807, 2.05) is 6.92 Å². The first-order valence-corrected chi connectivity index (χ1v) is 7.33. The molecule has 0 heterocycles. The first kappa shape index (κ1) is 17.8. The van der Waals surface area contributed by atoms with Gasteiger partial charge in [0.15, 0.2) is 0 Å². The van der Waals surface area contributed by atoms with Crippen LogP contribution in [0.3, 0.4) is 0 Å². The molecule has 1 aromatic rings. The molecule has 0 saturated heterocycles. The molecular weight excluding hydrogens is 286 g/mol. The number of carbonyl (C=O) groups excluding carboxylic acids is 1. The van der Waals surface area contributed by atoms with Gasteiger partial charge in [0.2, 0.25) is 0 Å². The number of benzene rings is 1. The molecular formula is C16H23NO5. The van der Waals surface area contributed by atoms with Crippen LogP contribution in [0.2, 0.25) is 0 Å². The Kier molecular flexibility index (Phi) is 7.81. The fourth-order valence-electron chi connectivity index (χ4n) is 1.89. The number of alkyl carbamates (subject to hydrolysis) is 1. The van der Waals surface area contributed by atoms with E-state index in [1.54, 1.807) is 31.4 Å². The van der Waals surface area contributed by atoms with E-state index in [1.165, 1.54) is 0 Å². The van der Waals surface area contributed by atoms with Crippen molar-refractivity contribution >= 4 is 12.1 Å². The number of hydrogen-bond donors (Lipinski definition) is 2. The van der Waals surface area contributed by atoms with Crippen molar-refractivity contribution in [1.29, 1.82) is 0 Å². The number of ether oxygens (including phenoxy) is 2. The predicted octanol–water partition coefficient (Wildman–Crippen LogP) is 2.81. The summed E-state index contributed by atoms with van der Waals surface area (Å²) in [6.07, 6.45) is 1.68. The Bertz CT molecular complexity index is 472. The van der Waals surface area contributed by atoms with Crippen molar-refractivity contribution < 1.29 is 24.2 Å². The molecule has 0 aliphatic rings. The van der Waals surface area contributed by atoms with Crippen LogP contribution >= 0.6 is 0 Å². The van der Waals surface area contributed by atoms with Gasteiger partial charge in [0.05, 0.1) is 13.0 Å². The van der Waals surface area contributed by atoms with Gasteiger partial charge in [-0.3, -0.25) is 4.79 Å². The summed E-state index contributed by atoms with van der Waals surface area (Å²) in [5, 5.41) is 11.6. The first-order chi connectivity index (χ1) is 10.6. The molecule has 0 aromatic heterocycles. The molecule has 0 saturated carbocycles. The smallest absolute Gasteiger partial charge is 0.407 e. The Hall–Kier alpha value is -2.24. The summed E-state index contributed by atoms with van der Waals surface area (Å²) < 4.78 is 10.1. The highest BCUT2D eigenvalue weighted by Gasteiger charge is 2.17. The van der Waals surface area contributed by atoms with Crippen LogP contribution in [0.25, 0.3) is 0 Å². The lowest BCUT2D eigenvalue weighted by atomic mass is 10.0.